The van der Waals surface area contributed by atoms with Gasteiger partial charge in [0.05, 0.1) is 17.3 Å². The van der Waals surface area contributed by atoms with Gasteiger partial charge < -0.3 is 0 Å². The van der Waals surface area contributed by atoms with E-state index in [4.69, 9.17) is 0 Å². The molecular weight excluding hydrogens is 536 g/mol. The quantitative estimate of drug-likeness (QED) is 0.144. The Bertz CT molecular complexity index is 1460. The van der Waals surface area contributed by atoms with Crippen molar-refractivity contribution in [1.29, 1.82) is 0 Å². The lowest BCUT2D eigenvalue weighted by Crippen LogP contribution is -2.32. The van der Waals surface area contributed by atoms with Gasteiger partial charge >= 0.3 is 0 Å². The second-order valence-corrected chi connectivity index (χ2v) is 12.7. The van der Waals surface area contributed by atoms with Gasteiger partial charge in [0.2, 0.25) is 11.8 Å². The fourth-order valence-corrected chi connectivity index (χ4v) is 6.31. The smallest absolute Gasteiger partial charge is 0.258 e. The van der Waals surface area contributed by atoms with Crippen molar-refractivity contribution in [3.05, 3.63) is 82.0 Å². The molecule has 2 aliphatic heterocycles. The second kappa shape index (κ2) is 13.7. The maximum absolute atomic E-state index is 13.5. The monoisotopic (exact) mass is 582 g/mol. The molecule has 2 aromatic rings. The average molecular weight is 583 g/mol. The highest BCUT2D eigenvalue weighted by atomic mass is 16.2. The van der Waals surface area contributed by atoms with Gasteiger partial charge in [-0.1, -0.05) is 90.3 Å². The first-order chi connectivity index (χ1) is 20.4. The number of rotatable bonds is 12. The highest BCUT2D eigenvalue weighted by Crippen LogP contribution is 2.39. The molecular formula is C37H46N2O4. The molecule has 0 aliphatic carbocycles. The third-order valence-corrected chi connectivity index (χ3v) is 8.46. The van der Waals surface area contributed by atoms with Crippen molar-refractivity contribution in [2.45, 2.75) is 105 Å². The summed E-state index contributed by atoms with van der Waals surface area (Å²) < 4.78 is 0. The lowest BCUT2D eigenvalue weighted by Gasteiger charge is -2.25. The van der Waals surface area contributed by atoms with Gasteiger partial charge in [-0.2, -0.15) is 0 Å². The minimum Gasteiger partial charge on any atom is -0.274 e. The number of imide groups is 2. The Morgan fingerprint density at radius 1 is 0.767 bits per heavy atom. The number of nitrogens with zero attached hydrogens (tertiary/aromatic N) is 2. The fourth-order valence-electron chi connectivity index (χ4n) is 6.31. The molecule has 1 fully saturated rings. The SMILES string of the molecule is CCCCCC/C=C/C1CC(=O)N(c2c(C)cc(Cc3cc(C)c(N4C(=O)C=CC4=O)c(C(C)C)c3)cc2C(C)C)C1=O. The number of allylic oxidation sites excluding steroid dienone is 1. The van der Waals surface area contributed by atoms with E-state index in [1.54, 1.807) is 0 Å². The molecule has 2 aliphatic rings. The summed E-state index contributed by atoms with van der Waals surface area (Å²) in [6.45, 7) is 14.4. The number of anilines is 2. The number of unbranched alkanes of at least 4 members (excludes halogenated alkanes) is 4. The Morgan fingerprint density at radius 2 is 1.30 bits per heavy atom. The van der Waals surface area contributed by atoms with Crippen LogP contribution in [-0.4, -0.2) is 23.6 Å². The van der Waals surface area contributed by atoms with Crippen molar-refractivity contribution in [2.24, 2.45) is 5.92 Å². The Kier molecular flexibility index (Phi) is 10.2. The predicted molar refractivity (Wildman–Crippen MR) is 173 cm³/mol. The molecule has 4 rings (SSSR count). The van der Waals surface area contributed by atoms with Crippen LogP contribution in [0, 0.1) is 19.8 Å². The summed E-state index contributed by atoms with van der Waals surface area (Å²) in [6.07, 6.45) is 13.1. The number of aryl methyl sites for hydroxylation is 2. The summed E-state index contributed by atoms with van der Waals surface area (Å²) in [4.78, 5) is 54.4. The van der Waals surface area contributed by atoms with Crippen LogP contribution in [0.5, 0.6) is 0 Å². The summed E-state index contributed by atoms with van der Waals surface area (Å²) in [5, 5.41) is 0. The van der Waals surface area contributed by atoms with Gasteiger partial charge in [-0.15, -0.1) is 0 Å². The number of hydrogen-bond donors (Lipinski definition) is 0. The number of amides is 4. The molecule has 6 nitrogen and oxygen atoms in total. The molecule has 2 heterocycles. The van der Waals surface area contributed by atoms with Crippen molar-refractivity contribution in [3.63, 3.8) is 0 Å². The molecule has 0 aromatic heterocycles. The van der Waals surface area contributed by atoms with Gasteiger partial charge in [0.25, 0.3) is 11.8 Å². The van der Waals surface area contributed by atoms with E-state index < -0.39 is 5.92 Å². The van der Waals surface area contributed by atoms with Crippen molar-refractivity contribution in [1.82, 2.24) is 0 Å². The van der Waals surface area contributed by atoms with E-state index in [2.05, 4.69) is 58.9 Å². The van der Waals surface area contributed by atoms with Gasteiger partial charge in [-0.05, 0) is 78.3 Å². The maximum Gasteiger partial charge on any atom is 0.258 e. The molecule has 1 unspecified atom stereocenters. The lowest BCUT2D eigenvalue weighted by atomic mass is 9.89. The summed E-state index contributed by atoms with van der Waals surface area (Å²) in [5.41, 5.74) is 7.28. The molecule has 6 heteroatoms. The Morgan fingerprint density at radius 3 is 1.81 bits per heavy atom. The molecule has 0 spiro atoms. The van der Waals surface area contributed by atoms with E-state index in [0.717, 1.165) is 51.9 Å². The van der Waals surface area contributed by atoms with Gasteiger partial charge in [0, 0.05) is 18.6 Å². The van der Waals surface area contributed by atoms with Crippen LogP contribution in [0.15, 0.2) is 48.6 Å². The predicted octanol–water partition coefficient (Wildman–Crippen LogP) is 7.98. The zero-order chi connectivity index (χ0) is 31.4. The Labute approximate surface area is 256 Å². The molecule has 1 atom stereocenters. The van der Waals surface area contributed by atoms with Crippen molar-refractivity contribution in [3.8, 4) is 0 Å². The van der Waals surface area contributed by atoms with Crippen molar-refractivity contribution >= 4 is 35.0 Å². The summed E-state index contributed by atoms with van der Waals surface area (Å²) in [7, 11) is 0. The third-order valence-electron chi connectivity index (χ3n) is 8.46. The van der Waals surface area contributed by atoms with E-state index in [1.165, 1.54) is 41.2 Å². The molecule has 4 amide bonds. The Balaban J connectivity index is 1.62. The van der Waals surface area contributed by atoms with Crippen LogP contribution >= 0.6 is 0 Å². The molecule has 43 heavy (non-hydrogen) atoms. The molecule has 0 radical (unpaired) electrons. The van der Waals surface area contributed by atoms with Crippen LogP contribution in [0.1, 0.15) is 118 Å². The third kappa shape index (κ3) is 6.90. The zero-order valence-electron chi connectivity index (χ0n) is 26.8. The highest BCUT2D eigenvalue weighted by Gasteiger charge is 2.40. The van der Waals surface area contributed by atoms with Gasteiger partial charge in [0.1, 0.15) is 0 Å². The van der Waals surface area contributed by atoms with E-state index in [9.17, 15) is 19.2 Å². The largest absolute Gasteiger partial charge is 0.274 e. The minimum absolute atomic E-state index is 0.107. The zero-order valence-corrected chi connectivity index (χ0v) is 26.8. The number of hydrogen-bond acceptors (Lipinski definition) is 4. The first-order valence-electron chi connectivity index (χ1n) is 15.8. The molecule has 0 bridgehead atoms. The van der Waals surface area contributed by atoms with Gasteiger partial charge in [-0.3, -0.25) is 19.2 Å². The standard InChI is InChI=1S/C37H46N2O4/c1-8-9-10-11-12-13-14-29-22-34(42)39(37(29)43)36-26(7)18-28(21-31(36)24(4)5)19-27-17-25(6)35(30(20-27)23(2)3)38-32(40)15-16-33(38)41/h13-18,20-21,23-24,29H,8-12,19,22H2,1-7H3/b14-13+. The second-order valence-electron chi connectivity index (χ2n) is 12.7. The lowest BCUT2D eigenvalue weighted by molar-refractivity contribution is -0.122. The van der Waals surface area contributed by atoms with E-state index >= 15 is 0 Å². The van der Waals surface area contributed by atoms with E-state index in [1.807, 2.05) is 26.0 Å². The molecule has 2 aromatic carbocycles. The van der Waals surface area contributed by atoms with Crippen LogP contribution in [0.25, 0.3) is 0 Å². The van der Waals surface area contributed by atoms with E-state index in [-0.39, 0.29) is 41.9 Å². The van der Waals surface area contributed by atoms with Crippen LogP contribution in [0.3, 0.4) is 0 Å². The molecule has 1 saturated heterocycles. The van der Waals surface area contributed by atoms with Crippen LogP contribution in [0.4, 0.5) is 11.4 Å². The minimum atomic E-state index is -0.404. The van der Waals surface area contributed by atoms with Crippen LogP contribution in [0.2, 0.25) is 0 Å². The number of carbonyl (C=O) groups excluding carboxylic acids is 4. The average Bonchev–Trinajstić information content (AvgIpc) is 3.41. The fraction of sp³-hybridized carbons (Fsp3) is 0.459. The molecule has 228 valence electrons. The first-order valence-corrected chi connectivity index (χ1v) is 15.8. The normalized spacial score (nSPS) is 17.3. The topological polar surface area (TPSA) is 74.8 Å². The van der Waals surface area contributed by atoms with Crippen molar-refractivity contribution in [2.75, 3.05) is 9.80 Å². The summed E-state index contributed by atoms with van der Waals surface area (Å²) >= 11 is 0. The van der Waals surface area contributed by atoms with Crippen LogP contribution in [-0.2, 0) is 25.6 Å². The highest BCUT2D eigenvalue weighted by molar-refractivity contribution is 6.28. The number of carbonyl (C=O) groups is 4. The van der Waals surface area contributed by atoms with E-state index in [0.29, 0.717) is 12.1 Å². The van der Waals surface area contributed by atoms with Gasteiger partial charge in [0.15, 0.2) is 0 Å². The first kappa shape index (κ1) is 32.1. The van der Waals surface area contributed by atoms with Crippen molar-refractivity contribution < 1.29 is 19.2 Å². The molecule has 0 N–H and O–H groups in total. The Hall–Kier alpha value is -3.80. The van der Waals surface area contributed by atoms with Crippen LogP contribution < -0.4 is 9.80 Å². The van der Waals surface area contributed by atoms with Gasteiger partial charge in [-0.25, -0.2) is 9.80 Å². The molecule has 0 saturated carbocycles. The number of benzene rings is 2. The summed E-state index contributed by atoms with van der Waals surface area (Å²) in [6, 6.07) is 8.34. The maximum atomic E-state index is 13.5. The summed E-state index contributed by atoms with van der Waals surface area (Å²) in [5.74, 6) is -1.10.